The van der Waals surface area contributed by atoms with Crippen LogP contribution in [0.25, 0.3) is 0 Å². The first kappa shape index (κ1) is 14.4. The van der Waals surface area contributed by atoms with Crippen LogP contribution in [-0.4, -0.2) is 36.4 Å². The Morgan fingerprint density at radius 2 is 2.18 bits per heavy atom. The number of sulfonamides is 1. The van der Waals surface area contributed by atoms with Crippen molar-refractivity contribution in [1.29, 1.82) is 0 Å². The Morgan fingerprint density at radius 1 is 1.47 bits per heavy atom. The van der Waals surface area contributed by atoms with Crippen molar-refractivity contribution in [1.82, 2.24) is 9.29 Å². The molecule has 0 radical (unpaired) electrons. The Bertz CT molecular complexity index is 436. The van der Waals surface area contributed by atoms with Crippen LogP contribution in [-0.2, 0) is 16.6 Å². The summed E-state index contributed by atoms with van der Waals surface area (Å²) in [4.78, 5) is 4.10. The second-order valence-corrected chi connectivity index (χ2v) is 6.54. The molecule has 1 unspecified atom stereocenters. The molecule has 96 valence electrons. The maximum absolute atomic E-state index is 11.9. The summed E-state index contributed by atoms with van der Waals surface area (Å²) in [6, 6.07) is 5.44. The van der Waals surface area contributed by atoms with E-state index in [1.165, 1.54) is 4.31 Å². The second-order valence-electron chi connectivity index (χ2n) is 4.12. The molecule has 1 aromatic heterocycles. The van der Waals surface area contributed by atoms with Gasteiger partial charge < -0.3 is 0 Å². The van der Waals surface area contributed by atoms with Gasteiger partial charge in [-0.2, -0.15) is 4.31 Å². The zero-order valence-corrected chi connectivity index (χ0v) is 11.6. The zero-order valence-electron chi connectivity index (χ0n) is 10.0. The van der Waals surface area contributed by atoms with E-state index in [0.717, 1.165) is 5.69 Å². The van der Waals surface area contributed by atoms with Crippen molar-refractivity contribution >= 4 is 21.6 Å². The highest BCUT2D eigenvalue weighted by Gasteiger charge is 2.21. The summed E-state index contributed by atoms with van der Waals surface area (Å²) in [5.41, 5.74) is 0.733. The van der Waals surface area contributed by atoms with Crippen LogP contribution in [0.1, 0.15) is 12.6 Å². The molecule has 0 spiro atoms. The lowest BCUT2D eigenvalue weighted by atomic mass is 10.3. The number of hydrogen-bond donors (Lipinski definition) is 0. The minimum Gasteiger partial charge on any atom is -0.260 e. The lowest BCUT2D eigenvalue weighted by molar-refractivity contribution is 0.456. The smallest absolute Gasteiger partial charge is 0.214 e. The van der Waals surface area contributed by atoms with Gasteiger partial charge in [-0.1, -0.05) is 13.0 Å². The minimum absolute atomic E-state index is 0.0483. The molecular weight excluding hydrogens is 260 g/mol. The van der Waals surface area contributed by atoms with Gasteiger partial charge >= 0.3 is 0 Å². The normalized spacial score (nSPS) is 13.9. The molecule has 6 heteroatoms. The SMILES string of the molecule is CC(CCl)CS(=O)(=O)N(C)Cc1ccccn1. The Kier molecular flexibility index (Phi) is 5.36. The van der Waals surface area contributed by atoms with Crippen molar-refractivity contribution in [2.45, 2.75) is 13.5 Å². The first-order valence-electron chi connectivity index (χ1n) is 5.35. The van der Waals surface area contributed by atoms with Crippen molar-refractivity contribution in [2.75, 3.05) is 18.7 Å². The van der Waals surface area contributed by atoms with E-state index >= 15 is 0 Å². The van der Waals surface area contributed by atoms with Gasteiger partial charge in [-0.05, 0) is 18.1 Å². The fourth-order valence-electron chi connectivity index (χ4n) is 1.35. The van der Waals surface area contributed by atoms with Crippen molar-refractivity contribution < 1.29 is 8.42 Å². The standard InChI is InChI=1S/C11H17ClN2O2S/c1-10(7-12)9-17(15,16)14(2)8-11-5-3-4-6-13-11/h3-6,10H,7-9H2,1-2H3. The predicted octanol–water partition coefficient (Wildman–Crippen LogP) is 1.72. The molecule has 0 aliphatic rings. The average molecular weight is 277 g/mol. The van der Waals surface area contributed by atoms with Gasteiger partial charge in [0.2, 0.25) is 10.0 Å². The number of alkyl halides is 1. The molecule has 0 aromatic carbocycles. The van der Waals surface area contributed by atoms with E-state index in [9.17, 15) is 8.42 Å². The fourth-order valence-corrected chi connectivity index (χ4v) is 3.01. The summed E-state index contributed by atoms with van der Waals surface area (Å²) in [5, 5.41) is 0. The number of rotatable bonds is 6. The third-order valence-corrected chi connectivity index (χ3v) is 4.94. The molecule has 1 aromatic rings. The van der Waals surface area contributed by atoms with E-state index < -0.39 is 10.0 Å². The van der Waals surface area contributed by atoms with Crippen molar-refractivity contribution in [3.63, 3.8) is 0 Å². The number of nitrogens with zero attached hydrogens (tertiary/aromatic N) is 2. The summed E-state index contributed by atoms with van der Waals surface area (Å²) in [6.07, 6.45) is 1.65. The van der Waals surface area contributed by atoms with Gasteiger partial charge in [0, 0.05) is 19.1 Å². The van der Waals surface area contributed by atoms with Crippen LogP contribution in [0.3, 0.4) is 0 Å². The van der Waals surface area contributed by atoms with Gasteiger partial charge in [0.25, 0.3) is 0 Å². The molecule has 4 nitrogen and oxygen atoms in total. The minimum atomic E-state index is -3.26. The number of aromatic nitrogens is 1. The molecular formula is C11H17ClN2O2S. The van der Waals surface area contributed by atoms with Gasteiger partial charge in [0.1, 0.15) is 0 Å². The van der Waals surface area contributed by atoms with Gasteiger partial charge in [-0.15, -0.1) is 11.6 Å². The molecule has 0 saturated carbocycles. The average Bonchev–Trinajstić information content (AvgIpc) is 2.29. The molecule has 1 heterocycles. The summed E-state index contributed by atoms with van der Waals surface area (Å²) in [6.45, 7) is 2.11. The quantitative estimate of drug-likeness (QED) is 0.744. The van der Waals surface area contributed by atoms with Crippen molar-refractivity contribution in [2.24, 2.45) is 5.92 Å². The Labute approximate surface area is 108 Å². The summed E-state index contributed by atoms with van der Waals surface area (Å²) < 4.78 is 25.2. The molecule has 0 N–H and O–H groups in total. The molecule has 0 amide bonds. The van der Waals surface area contributed by atoms with Gasteiger partial charge in [0.15, 0.2) is 0 Å². The highest BCUT2D eigenvalue weighted by molar-refractivity contribution is 7.89. The lowest BCUT2D eigenvalue weighted by Crippen LogP contribution is -2.31. The molecule has 0 aliphatic carbocycles. The third kappa shape index (κ3) is 4.61. The van der Waals surface area contributed by atoms with Crippen LogP contribution >= 0.6 is 11.6 Å². The Balaban J connectivity index is 2.67. The Hall–Kier alpha value is -0.650. The van der Waals surface area contributed by atoms with Crippen LogP contribution in [0.5, 0.6) is 0 Å². The first-order valence-corrected chi connectivity index (χ1v) is 7.50. The molecule has 0 bridgehead atoms. The van der Waals surface area contributed by atoms with Crippen LogP contribution in [0.15, 0.2) is 24.4 Å². The Morgan fingerprint density at radius 3 is 2.71 bits per heavy atom. The monoisotopic (exact) mass is 276 g/mol. The molecule has 0 aliphatic heterocycles. The third-order valence-electron chi connectivity index (χ3n) is 2.34. The number of pyridine rings is 1. The van der Waals surface area contributed by atoms with E-state index in [2.05, 4.69) is 4.98 Å². The second kappa shape index (κ2) is 6.33. The van der Waals surface area contributed by atoms with Gasteiger partial charge in [-0.3, -0.25) is 4.98 Å². The number of hydrogen-bond acceptors (Lipinski definition) is 3. The van der Waals surface area contributed by atoms with Crippen molar-refractivity contribution in [3.05, 3.63) is 30.1 Å². The largest absolute Gasteiger partial charge is 0.260 e. The van der Waals surface area contributed by atoms with Crippen LogP contribution in [0, 0.1) is 5.92 Å². The van der Waals surface area contributed by atoms with E-state index in [0.29, 0.717) is 5.88 Å². The van der Waals surface area contributed by atoms with E-state index in [1.54, 1.807) is 25.4 Å². The summed E-state index contributed by atoms with van der Waals surface area (Å²) in [5.74, 6) is 0.365. The predicted molar refractivity (Wildman–Crippen MR) is 69.4 cm³/mol. The molecule has 1 atom stereocenters. The highest BCUT2D eigenvalue weighted by Crippen LogP contribution is 2.10. The van der Waals surface area contributed by atoms with Gasteiger partial charge in [0.05, 0.1) is 18.0 Å². The topological polar surface area (TPSA) is 50.3 Å². The van der Waals surface area contributed by atoms with Crippen LogP contribution in [0.4, 0.5) is 0 Å². The number of halogens is 1. The van der Waals surface area contributed by atoms with Crippen LogP contribution < -0.4 is 0 Å². The maximum atomic E-state index is 11.9. The summed E-state index contributed by atoms with van der Waals surface area (Å²) in [7, 11) is -1.70. The first-order chi connectivity index (χ1) is 7.95. The maximum Gasteiger partial charge on any atom is 0.214 e. The molecule has 0 fully saturated rings. The van der Waals surface area contributed by atoms with E-state index in [4.69, 9.17) is 11.6 Å². The zero-order chi connectivity index (χ0) is 12.9. The fraction of sp³-hybridized carbons (Fsp3) is 0.545. The molecule has 17 heavy (non-hydrogen) atoms. The lowest BCUT2D eigenvalue weighted by Gasteiger charge is -2.18. The molecule has 0 saturated heterocycles. The van der Waals surface area contributed by atoms with Crippen LogP contribution in [0.2, 0.25) is 0 Å². The molecule has 1 rings (SSSR count). The van der Waals surface area contributed by atoms with E-state index in [-0.39, 0.29) is 18.2 Å². The highest BCUT2D eigenvalue weighted by atomic mass is 35.5. The van der Waals surface area contributed by atoms with Gasteiger partial charge in [-0.25, -0.2) is 8.42 Å². The van der Waals surface area contributed by atoms with Crippen molar-refractivity contribution in [3.8, 4) is 0 Å². The van der Waals surface area contributed by atoms with E-state index in [1.807, 2.05) is 13.0 Å². The summed E-state index contributed by atoms with van der Waals surface area (Å²) >= 11 is 5.63.